The van der Waals surface area contributed by atoms with E-state index in [9.17, 15) is 0 Å². The highest BCUT2D eigenvalue weighted by atomic mass is 35.5. The molecule has 3 aromatic rings. The summed E-state index contributed by atoms with van der Waals surface area (Å²) in [6.07, 6.45) is 0. The lowest BCUT2D eigenvalue weighted by Crippen LogP contribution is -2.00. The van der Waals surface area contributed by atoms with E-state index in [1.54, 1.807) is 0 Å². The average molecular weight is 292 g/mol. The molecular formula is C14H11Cl2N3. The van der Waals surface area contributed by atoms with Crippen LogP contribution in [0.5, 0.6) is 0 Å². The zero-order valence-electron chi connectivity index (χ0n) is 9.95. The van der Waals surface area contributed by atoms with Crippen LogP contribution in [-0.2, 0) is 6.54 Å². The zero-order chi connectivity index (χ0) is 13.2. The number of aromatic nitrogens is 2. The summed E-state index contributed by atoms with van der Waals surface area (Å²) in [7, 11) is 0. The molecule has 3 nitrogen and oxygen atoms in total. The van der Waals surface area contributed by atoms with Crippen LogP contribution in [0.2, 0.25) is 10.0 Å². The van der Waals surface area contributed by atoms with Crippen molar-refractivity contribution in [2.24, 2.45) is 0 Å². The Kier molecular flexibility index (Phi) is 3.32. The summed E-state index contributed by atoms with van der Waals surface area (Å²) in [4.78, 5) is 7.70. The van der Waals surface area contributed by atoms with Crippen molar-refractivity contribution < 1.29 is 0 Å². The molecule has 0 fully saturated rings. The van der Waals surface area contributed by atoms with Crippen molar-refractivity contribution in [2.45, 2.75) is 6.54 Å². The Morgan fingerprint density at radius 1 is 1.05 bits per heavy atom. The van der Waals surface area contributed by atoms with Gasteiger partial charge in [-0.1, -0.05) is 29.3 Å². The summed E-state index contributed by atoms with van der Waals surface area (Å²) >= 11 is 11.9. The molecule has 96 valence electrons. The van der Waals surface area contributed by atoms with Crippen LogP contribution in [-0.4, -0.2) is 9.97 Å². The van der Waals surface area contributed by atoms with Gasteiger partial charge < -0.3 is 10.3 Å². The largest absolute Gasteiger partial charge is 0.378 e. The van der Waals surface area contributed by atoms with E-state index in [1.807, 2.05) is 42.5 Å². The molecule has 1 aromatic heterocycles. The maximum absolute atomic E-state index is 6.09. The van der Waals surface area contributed by atoms with Crippen LogP contribution in [0, 0.1) is 0 Å². The Hall–Kier alpha value is -1.71. The number of H-pyrrole nitrogens is 1. The molecule has 0 unspecified atom stereocenters. The number of fused-ring (bicyclic) bond motifs is 1. The number of hydrogen-bond donors (Lipinski definition) is 2. The summed E-state index contributed by atoms with van der Waals surface area (Å²) in [6.45, 7) is 0.604. The first-order chi connectivity index (χ1) is 9.22. The molecule has 1 heterocycles. The molecule has 19 heavy (non-hydrogen) atoms. The highest BCUT2D eigenvalue weighted by Gasteiger charge is 2.05. The first kappa shape index (κ1) is 12.3. The van der Waals surface area contributed by atoms with Crippen LogP contribution in [0.25, 0.3) is 11.0 Å². The van der Waals surface area contributed by atoms with Crippen LogP contribution in [0.4, 0.5) is 5.69 Å². The third-order valence-corrected chi connectivity index (χ3v) is 3.37. The van der Waals surface area contributed by atoms with Crippen LogP contribution in [0.3, 0.4) is 0 Å². The van der Waals surface area contributed by atoms with E-state index in [-0.39, 0.29) is 0 Å². The van der Waals surface area contributed by atoms with Gasteiger partial charge in [-0.2, -0.15) is 0 Å². The highest BCUT2D eigenvalue weighted by molar-refractivity contribution is 6.34. The molecule has 0 radical (unpaired) electrons. The average Bonchev–Trinajstić information content (AvgIpc) is 2.83. The first-order valence-corrected chi connectivity index (χ1v) is 6.60. The molecule has 0 aliphatic rings. The Morgan fingerprint density at radius 2 is 1.84 bits per heavy atom. The predicted octanol–water partition coefficient (Wildman–Crippen LogP) is 4.48. The second kappa shape index (κ2) is 5.11. The number of halogens is 2. The lowest BCUT2D eigenvalue weighted by atomic mass is 10.3. The Balaban J connectivity index is 1.78. The minimum atomic E-state index is 0.604. The van der Waals surface area contributed by atoms with E-state index in [0.29, 0.717) is 11.6 Å². The quantitative estimate of drug-likeness (QED) is 0.747. The Labute approximate surface area is 120 Å². The van der Waals surface area contributed by atoms with Crippen LogP contribution >= 0.6 is 23.2 Å². The lowest BCUT2D eigenvalue weighted by molar-refractivity contribution is 1.01. The van der Waals surface area contributed by atoms with Crippen molar-refractivity contribution in [2.75, 3.05) is 5.32 Å². The van der Waals surface area contributed by atoms with Gasteiger partial charge in [0.15, 0.2) is 0 Å². The summed E-state index contributed by atoms with van der Waals surface area (Å²) in [5.41, 5.74) is 2.74. The van der Waals surface area contributed by atoms with Gasteiger partial charge in [0.2, 0.25) is 0 Å². The summed E-state index contributed by atoms with van der Waals surface area (Å²) < 4.78 is 0. The first-order valence-electron chi connectivity index (χ1n) is 5.85. The van der Waals surface area contributed by atoms with Gasteiger partial charge in [0.25, 0.3) is 0 Å². The standard InChI is InChI=1S/C14H11Cl2N3/c15-9-4-6-10(7-5-9)17-8-13-18-12-3-1-2-11(16)14(12)19-13/h1-7,17H,8H2,(H,18,19). The number of benzene rings is 2. The molecule has 0 spiro atoms. The van der Waals surface area contributed by atoms with Gasteiger partial charge in [0.1, 0.15) is 11.3 Å². The van der Waals surface area contributed by atoms with E-state index in [2.05, 4.69) is 15.3 Å². The minimum Gasteiger partial charge on any atom is -0.378 e. The van der Waals surface area contributed by atoms with Crippen molar-refractivity contribution in [3.8, 4) is 0 Å². The smallest absolute Gasteiger partial charge is 0.126 e. The van der Waals surface area contributed by atoms with Gasteiger partial charge in [-0.3, -0.25) is 0 Å². The second-order valence-electron chi connectivity index (χ2n) is 4.18. The number of anilines is 1. The third kappa shape index (κ3) is 2.67. The third-order valence-electron chi connectivity index (χ3n) is 2.82. The fraction of sp³-hybridized carbons (Fsp3) is 0.0714. The summed E-state index contributed by atoms with van der Waals surface area (Å²) in [6, 6.07) is 13.2. The van der Waals surface area contributed by atoms with Gasteiger partial charge >= 0.3 is 0 Å². The van der Waals surface area contributed by atoms with Gasteiger partial charge in [-0.25, -0.2) is 4.98 Å². The Morgan fingerprint density at radius 3 is 2.58 bits per heavy atom. The minimum absolute atomic E-state index is 0.604. The van der Waals surface area contributed by atoms with Gasteiger partial charge in [-0.15, -0.1) is 0 Å². The number of para-hydroxylation sites is 1. The molecule has 3 rings (SSSR count). The maximum atomic E-state index is 6.09. The normalized spacial score (nSPS) is 10.8. The SMILES string of the molecule is Clc1ccc(NCc2nc3c(Cl)cccc3[nH]2)cc1. The van der Waals surface area contributed by atoms with E-state index in [4.69, 9.17) is 23.2 Å². The number of imidazole rings is 1. The molecule has 0 saturated carbocycles. The fourth-order valence-electron chi connectivity index (χ4n) is 1.89. The van der Waals surface area contributed by atoms with E-state index < -0.39 is 0 Å². The van der Waals surface area contributed by atoms with E-state index in [1.165, 1.54) is 0 Å². The number of rotatable bonds is 3. The Bertz CT molecular complexity index is 704. The molecule has 2 N–H and O–H groups in total. The summed E-state index contributed by atoms with van der Waals surface area (Å²) in [5.74, 6) is 0.845. The topological polar surface area (TPSA) is 40.7 Å². The highest BCUT2D eigenvalue weighted by Crippen LogP contribution is 2.21. The molecular weight excluding hydrogens is 281 g/mol. The van der Waals surface area contributed by atoms with Gasteiger partial charge in [0, 0.05) is 10.7 Å². The molecule has 5 heteroatoms. The number of hydrogen-bond acceptors (Lipinski definition) is 2. The second-order valence-corrected chi connectivity index (χ2v) is 5.02. The van der Waals surface area contributed by atoms with Crippen molar-refractivity contribution >= 4 is 39.9 Å². The maximum Gasteiger partial charge on any atom is 0.126 e. The molecule has 0 saturated heterocycles. The van der Waals surface area contributed by atoms with Crippen molar-refractivity contribution in [1.29, 1.82) is 0 Å². The van der Waals surface area contributed by atoms with Gasteiger partial charge in [-0.05, 0) is 36.4 Å². The van der Waals surface area contributed by atoms with E-state index >= 15 is 0 Å². The number of nitrogens with one attached hydrogen (secondary N) is 2. The predicted molar refractivity (Wildman–Crippen MR) is 79.9 cm³/mol. The molecule has 0 aliphatic carbocycles. The van der Waals surface area contributed by atoms with E-state index in [0.717, 1.165) is 27.6 Å². The monoisotopic (exact) mass is 291 g/mol. The molecule has 2 aromatic carbocycles. The lowest BCUT2D eigenvalue weighted by Gasteiger charge is -2.03. The summed E-state index contributed by atoms with van der Waals surface area (Å²) in [5, 5.41) is 4.66. The molecule has 0 aliphatic heterocycles. The van der Waals surface area contributed by atoms with Crippen LogP contribution in [0.15, 0.2) is 42.5 Å². The van der Waals surface area contributed by atoms with Crippen molar-refractivity contribution in [1.82, 2.24) is 9.97 Å². The number of aromatic amines is 1. The molecule has 0 bridgehead atoms. The number of nitrogens with zero attached hydrogens (tertiary/aromatic N) is 1. The van der Waals surface area contributed by atoms with Crippen molar-refractivity contribution in [3.63, 3.8) is 0 Å². The van der Waals surface area contributed by atoms with Crippen LogP contribution in [0.1, 0.15) is 5.82 Å². The van der Waals surface area contributed by atoms with Crippen molar-refractivity contribution in [3.05, 3.63) is 58.3 Å². The van der Waals surface area contributed by atoms with Crippen LogP contribution < -0.4 is 5.32 Å². The fourth-order valence-corrected chi connectivity index (χ4v) is 2.23. The zero-order valence-corrected chi connectivity index (χ0v) is 11.5. The molecule has 0 amide bonds. The molecule has 0 atom stereocenters. The van der Waals surface area contributed by atoms with Gasteiger partial charge in [0.05, 0.1) is 17.1 Å².